The van der Waals surface area contributed by atoms with Crippen LogP contribution in [0.15, 0.2) is 28.8 Å². The van der Waals surface area contributed by atoms with Gasteiger partial charge in [-0.25, -0.2) is 0 Å². The standard InChI is InChI=1S/C19H23N3O5/c1-26-14-6-4-13(5-7-14)18-20-16(27-22-18)9-8-15(23)21-19(12-17(24)25)10-2-3-11-19/h4-7H,2-3,8-12H2,1H3,(H,21,23)(H,24,25). The van der Waals surface area contributed by atoms with E-state index in [0.29, 0.717) is 31.0 Å². The van der Waals surface area contributed by atoms with Crippen LogP contribution in [0.3, 0.4) is 0 Å². The Hall–Kier alpha value is -2.90. The summed E-state index contributed by atoms with van der Waals surface area (Å²) in [7, 11) is 1.60. The van der Waals surface area contributed by atoms with Gasteiger partial charge in [-0.15, -0.1) is 0 Å². The molecule has 2 aromatic rings. The van der Waals surface area contributed by atoms with Crippen molar-refractivity contribution in [3.8, 4) is 17.1 Å². The molecule has 0 bridgehead atoms. The van der Waals surface area contributed by atoms with Gasteiger partial charge >= 0.3 is 5.97 Å². The van der Waals surface area contributed by atoms with Gasteiger partial charge in [0.15, 0.2) is 0 Å². The van der Waals surface area contributed by atoms with E-state index in [1.165, 1.54) is 0 Å². The number of carbonyl (C=O) groups excluding carboxylic acids is 1. The van der Waals surface area contributed by atoms with Crippen LogP contribution in [0, 0.1) is 0 Å². The molecule has 0 saturated heterocycles. The zero-order valence-electron chi connectivity index (χ0n) is 15.2. The first-order valence-corrected chi connectivity index (χ1v) is 8.99. The van der Waals surface area contributed by atoms with Crippen molar-refractivity contribution in [1.29, 1.82) is 0 Å². The highest BCUT2D eigenvalue weighted by molar-refractivity contribution is 5.78. The summed E-state index contributed by atoms with van der Waals surface area (Å²) in [5, 5.41) is 16.0. The lowest BCUT2D eigenvalue weighted by molar-refractivity contribution is -0.139. The van der Waals surface area contributed by atoms with Crippen molar-refractivity contribution < 1.29 is 24.0 Å². The van der Waals surface area contributed by atoms with Crippen molar-refractivity contribution in [1.82, 2.24) is 15.5 Å². The molecule has 1 aliphatic rings. The molecule has 0 unspecified atom stereocenters. The molecule has 1 fully saturated rings. The van der Waals surface area contributed by atoms with E-state index in [-0.39, 0.29) is 18.7 Å². The van der Waals surface area contributed by atoms with Crippen LogP contribution in [0.5, 0.6) is 5.75 Å². The van der Waals surface area contributed by atoms with Crippen LogP contribution >= 0.6 is 0 Å². The number of aliphatic carboxylic acids is 1. The number of methoxy groups -OCH3 is 1. The highest BCUT2D eigenvalue weighted by atomic mass is 16.5. The number of carboxylic acid groups (broad SMARTS) is 1. The third-order valence-corrected chi connectivity index (χ3v) is 4.84. The summed E-state index contributed by atoms with van der Waals surface area (Å²) in [6.07, 6.45) is 3.70. The minimum absolute atomic E-state index is 0.0408. The number of ether oxygens (including phenoxy) is 1. The number of aromatic nitrogens is 2. The Bertz CT molecular complexity index is 794. The Morgan fingerprint density at radius 3 is 2.59 bits per heavy atom. The van der Waals surface area contributed by atoms with Gasteiger partial charge in [-0.2, -0.15) is 4.98 Å². The van der Waals surface area contributed by atoms with E-state index in [9.17, 15) is 9.59 Å². The average Bonchev–Trinajstić information content (AvgIpc) is 3.29. The second-order valence-electron chi connectivity index (χ2n) is 6.85. The summed E-state index contributed by atoms with van der Waals surface area (Å²) in [4.78, 5) is 27.7. The SMILES string of the molecule is COc1ccc(-c2noc(CCC(=O)NC3(CC(=O)O)CCCC3)n2)cc1. The van der Waals surface area contributed by atoms with Gasteiger partial charge in [-0.05, 0) is 37.1 Å². The molecule has 1 saturated carbocycles. The van der Waals surface area contributed by atoms with Gasteiger partial charge in [-0.1, -0.05) is 18.0 Å². The van der Waals surface area contributed by atoms with E-state index in [4.69, 9.17) is 14.4 Å². The number of hydrogen-bond acceptors (Lipinski definition) is 6. The minimum Gasteiger partial charge on any atom is -0.497 e. The van der Waals surface area contributed by atoms with E-state index in [0.717, 1.165) is 24.2 Å². The van der Waals surface area contributed by atoms with Gasteiger partial charge in [-0.3, -0.25) is 9.59 Å². The molecule has 8 nitrogen and oxygen atoms in total. The van der Waals surface area contributed by atoms with Crippen molar-refractivity contribution in [2.24, 2.45) is 0 Å². The molecule has 1 aromatic heterocycles. The second-order valence-corrected chi connectivity index (χ2v) is 6.85. The van der Waals surface area contributed by atoms with Crippen molar-refractivity contribution in [2.45, 2.75) is 50.5 Å². The lowest BCUT2D eigenvalue weighted by atomic mass is 9.93. The van der Waals surface area contributed by atoms with Crippen molar-refractivity contribution >= 4 is 11.9 Å². The maximum Gasteiger partial charge on any atom is 0.305 e. The van der Waals surface area contributed by atoms with Gasteiger partial charge in [0.25, 0.3) is 0 Å². The number of aryl methyl sites for hydroxylation is 1. The number of hydrogen-bond donors (Lipinski definition) is 2. The monoisotopic (exact) mass is 373 g/mol. The molecular weight excluding hydrogens is 350 g/mol. The number of rotatable bonds is 8. The van der Waals surface area contributed by atoms with Crippen molar-refractivity contribution in [3.63, 3.8) is 0 Å². The molecular formula is C19H23N3O5. The van der Waals surface area contributed by atoms with Crippen LogP contribution in [0.4, 0.5) is 0 Å². The first kappa shape index (κ1) is 18.9. The molecule has 0 aliphatic heterocycles. The fraction of sp³-hybridized carbons (Fsp3) is 0.474. The zero-order chi connectivity index (χ0) is 19.3. The molecule has 27 heavy (non-hydrogen) atoms. The zero-order valence-corrected chi connectivity index (χ0v) is 15.2. The molecule has 1 amide bonds. The topological polar surface area (TPSA) is 115 Å². The molecule has 2 N–H and O–H groups in total. The summed E-state index contributed by atoms with van der Waals surface area (Å²) in [5.74, 6) is 0.475. The number of benzene rings is 1. The van der Waals surface area contributed by atoms with Gasteiger partial charge in [0.2, 0.25) is 17.6 Å². The summed E-state index contributed by atoms with van der Waals surface area (Å²) in [6.45, 7) is 0. The summed E-state index contributed by atoms with van der Waals surface area (Å²) < 4.78 is 10.3. The maximum absolute atomic E-state index is 12.3. The number of carbonyl (C=O) groups is 2. The van der Waals surface area contributed by atoms with Crippen LogP contribution in [0.25, 0.3) is 11.4 Å². The average molecular weight is 373 g/mol. The lowest BCUT2D eigenvalue weighted by Crippen LogP contribution is -2.47. The van der Waals surface area contributed by atoms with E-state index < -0.39 is 11.5 Å². The summed E-state index contributed by atoms with van der Waals surface area (Å²) >= 11 is 0. The van der Waals surface area contributed by atoms with E-state index in [2.05, 4.69) is 15.5 Å². The normalized spacial score (nSPS) is 15.4. The Balaban J connectivity index is 1.56. The maximum atomic E-state index is 12.3. The lowest BCUT2D eigenvalue weighted by Gasteiger charge is -2.28. The van der Waals surface area contributed by atoms with Crippen LogP contribution in [0.1, 0.15) is 44.4 Å². The number of nitrogens with one attached hydrogen (secondary N) is 1. The van der Waals surface area contributed by atoms with Gasteiger partial charge in [0.05, 0.1) is 19.1 Å². The molecule has 3 rings (SSSR count). The molecule has 0 atom stereocenters. The molecule has 1 heterocycles. The van der Waals surface area contributed by atoms with E-state index >= 15 is 0 Å². The predicted octanol–water partition coefficient (Wildman–Crippen LogP) is 2.58. The van der Waals surface area contributed by atoms with Crippen molar-refractivity contribution in [2.75, 3.05) is 7.11 Å². The first-order valence-electron chi connectivity index (χ1n) is 8.99. The number of amides is 1. The molecule has 0 radical (unpaired) electrons. The third kappa shape index (κ3) is 4.84. The first-order chi connectivity index (χ1) is 13.0. The molecule has 1 aliphatic carbocycles. The third-order valence-electron chi connectivity index (χ3n) is 4.84. The Morgan fingerprint density at radius 1 is 1.26 bits per heavy atom. The highest BCUT2D eigenvalue weighted by Gasteiger charge is 2.37. The Labute approximate surface area is 156 Å². The van der Waals surface area contributed by atoms with E-state index in [1.54, 1.807) is 7.11 Å². The molecule has 144 valence electrons. The summed E-state index contributed by atoms with van der Waals surface area (Å²) in [5.41, 5.74) is 0.174. The minimum atomic E-state index is -0.891. The predicted molar refractivity (Wildman–Crippen MR) is 96.2 cm³/mol. The van der Waals surface area contributed by atoms with E-state index in [1.807, 2.05) is 24.3 Å². The fourth-order valence-electron chi connectivity index (χ4n) is 3.48. The molecule has 1 aromatic carbocycles. The van der Waals surface area contributed by atoms with Crippen LogP contribution in [0.2, 0.25) is 0 Å². The van der Waals surface area contributed by atoms with Crippen molar-refractivity contribution in [3.05, 3.63) is 30.2 Å². The largest absolute Gasteiger partial charge is 0.497 e. The van der Waals surface area contributed by atoms with Gasteiger partial charge in [0.1, 0.15) is 5.75 Å². The fourth-order valence-corrected chi connectivity index (χ4v) is 3.48. The van der Waals surface area contributed by atoms with Gasteiger partial charge in [0, 0.05) is 18.4 Å². The Kier molecular flexibility index (Phi) is 5.73. The smallest absolute Gasteiger partial charge is 0.305 e. The van der Waals surface area contributed by atoms with Crippen LogP contribution < -0.4 is 10.1 Å². The Morgan fingerprint density at radius 2 is 1.96 bits per heavy atom. The second kappa shape index (κ2) is 8.20. The molecule has 0 spiro atoms. The summed E-state index contributed by atoms with van der Waals surface area (Å²) in [6, 6.07) is 7.27. The van der Waals surface area contributed by atoms with Gasteiger partial charge < -0.3 is 19.7 Å². The number of nitrogens with zero attached hydrogens (tertiary/aromatic N) is 2. The highest BCUT2D eigenvalue weighted by Crippen LogP contribution is 2.32. The quantitative estimate of drug-likeness (QED) is 0.731. The van der Waals surface area contributed by atoms with Crippen LogP contribution in [-0.4, -0.2) is 39.8 Å². The molecule has 8 heteroatoms. The van der Waals surface area contributed by atoms with Crippen LogP contribution in [-0.2, 0) is 16.0 Å². The number of carboxylic acids is 1.